The van der Waals surface area contributed by atoms with E-state index in [4.69, 9.17) is 9.97 Å². The van der Waals surface area contributed by atoms with Gasteiger partial charge in [0.05, 0.1) is 22.2 Å². The molecular formula is C38H48Br2N2Si2. The number of nitrogens with zero attached hydrogens (tertiary/aromatic N) is 2. The summed E-state index contributed by atoms with van der Waals surface area (Å²) in [4.78, 5) is 10.6. The molecule has 0 N–H and O–H groups in total. The predicted octanol–water partition coefficient (Wildman–Crippen LogP) is 12.6. The first-order valence-electron chi connectivity index (χ1n) is 16.2. The first kappa shape index (κ1) is 34.9. The van der Waals surface area contributed by atoms with Crippen LogP contribution in [0, 0.1) is 22.9 Å². The van der Waals surface area contributed by atoms with Gasteiger partial charge >= 0.3 is 0 Å². The van der Waals surface area contributed by atoms with E-state index in [1.807, 2.05) is 12.1 Å². The van der Waals surface area contributed by atoms with Gasteiger partial charge in [-0.25, -0.2) is 9.97 Å². The molecule has 0 saturated carbocycles. The van der Waals surface area contributed by atoms with E-state index in [0.29, 0.717) is 33.2 Å². The van der Waals surface area contributed by atoms with Crippen LogP contribution in [0.5, 0.6) is 0 Å². The molecule has 0 saturated heterocycles. The molecule has 0 atom stereocenters. The summed E-state index contributed by atoms with van der Waals surface area (Å²) >= 11 is 7.38. The van der Waals surface area contributed by atoms with Crippen molar-refractivity contribution < 1.29 is 0 Å². The van der Waals surface area contributed by atoms with Crippen molar-refractivity contribution in [1.29, 1.82) is 0 Å². The fourth-order valence-corrected chi connectivity index (χ4v) is 19.1. The second kappa shape index (κ2) is 13.4. The van der Waals surface area contributed by atoms with Crippen LogP contribution in [0.3, 0.4) is 0 Å². The SMILES string of the molecule is CC(C)[Si](C#Cc1c2ccccc2c(C#C[Si](C(C)C)(C(C)C)C(C)C)c2nc3cc(Br)c(Br)cc3nc12)(C(C)C)C(C)C. The minimum Gasteiger partial charge on any atom is -0.243 e. The minimum absolute atomic E-state index is 0.541. The second-order valence-corrected chi connectivity index (χ2v) is 27.1. The lowest BCUT2D eigenvalue weighted by molar-refractivity contribution is 0.838. The highest BCUT2D eigenvalue weighted by atomic mass is 79.9. The van der Waals surface area contributed by atoms with Crippen molar-refractivity contribution in [3.05, 3.63) is 56.5 Å². The van der Waals surface area contributed by atoms with E-state index in [2.05, 4.69) is 162 Å². The highest BCUT2D eigenvalue weighted by Gasteiger charge is 2.43. The number of hydrogen-bond acceptors (Lipinski definition) is 2. The Labute approximate surface area is 284 Å². The molecule has 0 unspecified atom stereocenters. The Kier molecular flexibility index (Phi) is 10.6. The number of benzene rings is 3. The van der Waals surface area contributed by atoms with Crippen LogP contribution in [-0.4, -0.2) is 26.1 Å². The molecule has 4 aromatic rings. The normalized spacial score (nSPS) is 12.7. The van der Waals surface area contributed by atoms with Crippen LogP contribution in [0.25, 0.3) is 32.8 Å². The monoisotopic (exact) mass is 746 g/mol. The van der Waals surface area contributed by atoms with Crippen molar-refractivity contribution in [3.8, 4) is 22.9 Å². The number of halogens is 2. The molecule has 44 heavy (non-hydrogen) atoms. The number of rotatable bonds is 6. The third-order valence-electron chi connectivity index (χ3n) is 10.2. The number of hydrogen-bond donors (Lipinski definition) is 0. The minimum atomic E-state index is -1.99. The van der Waals surface area contributed by atoms with Gasteiger partial charge in [-0.15, -0.1) is 11.1 Å². The Hall–Kier alpha value is -1.97. The van der Waals surface area contributed by atoms with Crippen LogP contribution in [0.1, 0.15) is 94.2 Å². The van der Waals surface area contributed by atoms with E-state index in [-0.39, 0.29) is 0 Å². The Bertz CT molecular complexity index is 1660. The summed E-state index contributed by atoms with van der Waals surface area (Å²) in [5.41, 5.74) is 16.6. The summed E-state index contributed by atoms with van der Waals surface area (Å²) in [7, 11) is -3.98. The summed E-state index contributed by atoms with van der Waals surface area (Å²) < 4.78 is 1.92. The van der Waals surface area contributed by atoms with Crippen molar-refractivity contribution in [1.82, 2.24) is 9.97 Å². The highest BCUT2D eigenvalue weighted by Crippen LogP contribution is 2.43. The lowest BCUT2D eigenvalue weighted by atomic mass is 9.97. The Morgan fingerprint density at radius 3 is 1.09 bits per heavy atom. The topological polar surface area (TPSA) is 25.8 Å². The van der Waals surface area contributed by atoms with Crippen molar-refractivity contribution in [2.75, 3.05) is 0 Å². The quantitative estimate of drug-likeness (QED) is 0.111. The van der Waals surface area contributed by atoms with Crippen molar-refractivity contribution in [3.63, 3.8) is 0 Å². The molecule has 0 aliphatic rings. The Morgan fingerprint density at radius 1 is 0.523 bits per heavy atom. The van der Waals surface area contributed by atoms with E-state index < -0.39 is 16.1 Å². The van der Waals surface area contributed by atoms with Crippen LogP contribution in [-0.2, 0) is 0 Å². The molecule has 0 radical (unpaired) electrons. The van der Waals surface area contributed by atoms with Gasteiger partial charge in [-0.1, -0.05) is 119 Å². The third-order valence-corrected chi connectivity index (χ3v) is 24.6. The van der Waals surface area contributed by atoms with Crippen LogP contribution in [0.15, 0.2) is 45.3 Å². The third kappa shape index (κ3) is 5.98. The van der Waals surface area contributed by atoms with Gasteiger partial charge in [-0.05, 0) is 77.2 Å². The maximum absolute atomic E-state index is 5.32. The van der Waals surface area contributed by atoms with Crippen molar-refractivity contribution in [2.24, 2.45) is 0 Å². The first-order valence-corrected chi connectivity index (χ1v) is 22.2. The molecule has 0 aliphatic heterocycles. The maximum atomic E-state index is 5.32. The van der Waals surface area contributed by atoms with Crippen molar-refractivity contribution in [2.45, 2.75) is 116 Å². The lowest BCUT2D eigenvalue weighted by Gasteiger charge is -2.38. The number of aromatic nitrogens is 2. The Balaban J connectivity index is 2.24. The summed E-state index contributed by atoms with van der Waals surface area (Å²) in [6, 6.07) is 12.7. The van der Waals surface area contributed by atoms with Gasteiger partial charge in [-0.3, -0.25) is 0 Å². The standard InChI is InChI=1S/C38H48Br2N2Si2/c1-23(2)43(24(3)4,25(5)6)19-17-31-29-15-13-14-16-30(29)32(18-20-44(26(7)8,27(9)10)28(11)12)38-37(31)41-35-21-33(39)34(40)22-36(35)42-38/h13-16,21-28H,1-12H3. The summed E-state index contributed by atoms with van der Waals surface area (Å²) in [5, 5.41) is 2.23. The highest BCUT2D eigenvalue weighted by molar-refractivity contribution is 9.13. The molecule has 0 spiro atoms. The van der Waals surface area contributed by atoms with Crippen LogP contribution in [0.4, 0.5) is 0 Å². The molecule has 1 heterocycles. The van der Waals surface area contributed by atoms with Gasteiger partial charge < -0.3 is 0 Å². The molecule has 1 aromatic heterocycles. The molecule has 3 aromatic carbocycles. The molecule has 0 aliphatic carbocycles. The van der Waals surface area contributed by atoms with E-state index >= 15 is 0 Å². The average Bonchev–Trinajstić information content (AvgIpc) is 2.93. The van der Waals surface area contributed by atoms with Gasteiger partial charge in [0.15, 0.2) is 0 Å². The summed E-state index contributed by atoms with van der Waals surface area (Å²) in [5.74, 6) is 7.62. The lowest BCUT2D eigenvalue weighted by Crippen LogP contribution is -2.43. The van der Waals surface area contributed by atoms with Gasteiger partial charge in [0, 0.05) is 19.7 Å². The molecule has 4 rings (SSSR count). The molecule has 0 bridgehead atoms. The van der Waals surface area contributed by atoms with E-state index in [1.54, 1.807) is 0 Å². The van der Waals surface area contributed by atoms with Gasteiger partial charge in [0.1, 0.15) is 27.2 Å². The van der Waals surface area contributed by atoms with Gasteiger partial charge in [0.25, 0.3) is 0 Å². The second-order valence-electron chi connectivity index (χ2n) is 14.3. The Morgan fingerprint density at radius 2 is 0.818 bits per heavy atom. The molecule has 6 heteroatoms. The van der Waals surface area contributed by atoms with E-state index in [9.17, 15) is 0 Å². The zero-order valence-electron chi connectivity index (χ0n) is 28.6. The fourth-order valence-electron chi connectivity index (χ4n) is 8.04. The maximum Gasteiger partial charge on any atom is 0.146 e. The number of fused-ring (bicyclic) bond motifs is 3. The van der Waals surface area contributed by atoms with Crippen LogP contribution in [0.2, 0.25) is 33.2 Å². The zero-order chi connectivity index (χ0) is 32.7. The van der Waals surface area contributed by atoms with Crippen LogP contribution >= 0.6 is 31.9 Å². The zero-order valence-corrected chi connectivity index (χ0v) is 33.8. The van der Waals surface area contributed by atoms with Crippen molar-refractivity contribution >= 4 is 80.8 Å². The molecular weight excluding hydrogens is 700 g/mol. The average molecular weight is 749 g/mol. The fraction of sp³-hybridized carbons (Fsp3) is 0.474. The summed E-state index contributed by atoms with van der Waals surface area (Å²) in [6.45, 7) is 28.4. The largest absolute Gasteiger partial charge is 0.243 e. The first-order chi connectivity index (χ1) is 20.6. The summed E-state index contributed by atoms with van der Waals surface area (Å²) in [6.07, 6.45) is 0. The molecule has 2 nitrogen and oxygen atoms in total. The molecule has 232 valence electrons. The van der Waals surface area contributed by atoms with E-state index in [0.717, 1.165) is 52.9 Å². The van der Waals surface area contributed by atoms with E-state index in [1.165, 1.54) is 0 Å². The molecule has 0 fully saturated rings. The molecule has 0 amide bonds. The van der Waals surface area contributed by atoms with Gasteiger partial charge in [0.2, 0.25) is 0 Å². The van der Waals surface area contributed by atoms with Gasteiger partial charge in [-0.2, -0.15) is 0 Å². The predicted molar refractivity (Wildman–Crippen MR) is 206 cm³/mol. The smallest absolute Gasteiger partial charge is 0.146 e. The van der Waals surface area contributed by atoms with Crippen LogP contribution < -0.4 is 0 Å².